The van der Waals surface area contributed by atoms with Crippen LogP contribution >= 0.6 is 0 Å². The summed E-state index contributed by atoms with van der Waals surface area (Å²) in [6.45, 7) is 6.69. The number of nitrogens with zero attached hydrogens (tertiary/aromatic N) is 2. The van der Waals surface area contributed by atoms with E-state index in [1.54, 1.807) is 16.4 Å². The van der Waals surface area contributed by atoms with Crippen molar-refractivity contribution in [3.63, 3.8) is 0 Å². The molecule has 0 radical (unpaired) electrons. The summed E-state index contributed by atoms with van der Waals surface area (Å²) in [5.74, 6) is 0.430. The fraction of sp³-hybridized carbons (Fsp3) is 0.455. The van der Waals surface area contributed by atoms with Crippen LogP contribution in [0.1, 0.15) is 30.9 Å². The van der Waals surface area contributed by atoms with Crippen molar-refractivity contribution in [2.75, 3.05) is 13.1 Å². The second kappa shape index (κ2) is 7.38. The minimum atomic E-state index is -3.45. The fourth-order valence-corrected chi connectivity index (χ4v) is 6.58. The molecule has 0 bridgehead atoms. The summed E-state index contributed by atoms with van der Waals surface area (Å²) >= 11 is 0. The molecule has 27 heavy (non-hydrogen) atoms. The molecule has 0 aromatic heterocycles. The predicted molar refractivity (Wildman–Crippen MR) is 108 cm³/mol. The van der Waals surface area contributed by atoms with Crippen LogP contribution in [0.5, 0.6) is 0 Å². The molecule has 2 saturated heterocycles. The van der Waals surface area contributed by atoms with Gasteiger partial charge in [-0.15, -0.1) is 0 Å². The highest BCUT2D eigenvalue weighted by Crippen LogP contribution is 2.40. The second-order valence-electron chi connectivity index (χ2n) is 7.86. The lowest BCUT2D eigenvalue weighted by Crippen LogP contribution is -2.45. The maximum atomic E-state index is 13.3. The van der Waals surface area contributed by atoms with Gasteiger partial charge in [0.25, 0.3) is 0 Å². The topological polar surface area (TPSA) is 40.6 Å². The highest BCUT2D eigenvalue weighted by atomic mass is 32.2. The van der Waals surface area contributed by atoms with E-state index in [0.29, 0.717) is 23.4 Å². The number of fused-ring (bicyclic) bond motifs is 1. The molecule has 4 rings (SSSR count). The Morgan fingerprint density at radius 2 is 1.74 bits per heavy atom. The highest BCUT2D eigenvalue weighted by molar-refractivity contribution is 7.89. The van der Waals surface area contributed by atoms with Crippen molar-refractivity contribution in [3.8, 4) is 0 Å². The number of likely N-dealkylation sites (tertiary alicyclic amines) is 1. The average molecular weight is 385 g/mol. The van der Waals surface area contributed by atoms with Gasteiger partial charge in [0.1, 0.15) is 0 Å². The lowest BCUT2D eigenvalue weighted by Gasteiger charge is -2.32. The molecule has 0 aliphatic carbocycles. The van der Waals surface area contributed by atoms with Crippen molar-refractivity contribution in [1.29, 1.82) is 0 Å². The number of aryl methyl sites for hydroxylation is 1. The first-order chi connectivity index (χ1) is 13.0. The third-order valence-electron chi connectivity index (χ3n) is 6.14. The van der Waals surface area contributed by atoms with Crippen LogP contribution in [0.3, 0.4) is 0 Å². The van der Waals surface area contributed by atoms with Gasteiger partial charge in [-0.25, -0.2) is 8.42 Å². The minimum absolute atomic E-state index is 0.0486. The van der Waals surface area contributed by atoms with Crippen molar-refractivity contribution in [2.24, 2.45) is 5.92 Å². The normalized spacial score (nSPS) is 26.4. The quantitative estimate of drug-likeness (QED) is 0.790. The molecular formula is C22H28N2O2S. The standard InChI is InChI=1S/C22H28N2O2S/c1-3-21-22-19(13-14-23(22)15-18-7-5-4-6-8-18)16-24(21)27(25,26)20-11-9-17(2)10-12-20/h4-12,19,21-22H,3,13-16H2,1-2H3/t19-,21?,22-/m0/s1. The van der Waals surface area contributed by atoms with E-state index in [1.807, 2.05) is 25.1 Å². The minimum Gasteiger partial charge on any atom is -0.294 e. The van der Waals surface area contributed by atoms with Gasteiger partial charge in [0.15, 0.2) is 0 Å². The van der Waals surface area contributed by atoms with Crippen LogP contribution in [-0.2, 0) is 16.6 Å². The molecule has 4 nitrogen and oxygen atoms in total. The van der Waals surface area contributed by atoms with Gasteiger partial charge >= 0.3 is 0 Å². The molecule has 3 atom stereocenters. The Hall–Kier alpha value is -1.69. The summed E-state index contributed by atoms with van der Waals surface area (Å²) in [6.07, 6.45) is 1.92. The van der Waals surface area contributed by atoms with E-state index in [4.69, 9.17) is 0 Å². The number of hydrogen-bond acceptors (Lipinski definition) is 3. The van der Waals surface area contributed by atoms with Crippen molar-refractivity contribution < 1.29 is 8.42 Å². The van der Waals surface area contributed by atoms with Crippen LogP contribution in [0.2, 0.25) is 0 Å². The Bertz CT molecular complexity index is 880. The highest BCUT2D eigenvalue weighted by Gasteiger charge is 2.51. The first kappa shape index (κ1) is 18.7. The van der Waals surface area contributed by atoms with Crippen LogP contribution in [0.25, 0.3) is 0 Å². The molecule has 144 valence electrons. The van der Waals surface area contributed by atoms with E-state index in [-0.39, 0.29) is 6.04 Å². The summed E-state index contributed by atoms with van der Waals surface area (Å²) < 4.78 is 28.4. The number of rotatable bonds is 5. The maximum Gasteiger partial charge on any atom is 0.243 e. The van der Waals surface area contributed by atoms with E-state index >= 15 is 0 Å². The van der Waals surface area contributed by atoms with Crippen LogP contribution in [0.15, 0.2) is 59.5 Å². The van der Waals surface area contributed by atoms with Gasteiger partial charge in [-0.2, -0.15) is 4.31 Å². The van der Waals surface area contributed by atoms with Crippen molar-refractivity contribution in [3.05, 3.63) is 65.7 Å². The van der Waals surface area contributed by atoms with E-state index in [1.165, 1.54) is 5.56 Å². The largest absolute Gasteiger partial charge is 0.294 e. The van der Waals surface area contributed by atoms with Crippen molar-refractivity contribution in [2.45, 2.75) is 50.2 Å². The average Bonchev–Trinajstić information content (AvgIpc) is 3.23. The molecule has 5 heteroatoms. The van der Waals surface area contributed by atoms with Gasteiger partial charge in [-0.3, -0.25) is 4.90 Å². The Kier molecular flexibility index (Phi) is 5.10. The van der Waals surface area contributed by atoms with E-state index in [2.05, 4.69) is 36.1 Å². The van der Waals surface area contributed by atoms with Crippen molar-refractivity contribution in [1.82, 2.24) is 9.21 Å². The van der Waals surface area contributed by atoms with Crippen LogP contribution in [0, 0.1) is 12.8 Å². The fourth-order valence-electron chi connectivity index (χ4n) is 4.81. The van der Waals surface area contributed by atoms with Gasteiger partial charge in [0, 0.05) is 25.2 Å². The van der Waals surface area contributed by atoms with Crippen LogP contribution in [0.4, 0.5) is 0 Å². The third kappa shape index (κ3) is 3.44. The zero-order valence-corrected chi connectivity index (χ0v) is 16.9. The van der Waals surface area contributed by atoms with Gasteiger partial charge in [0.05, 0.1) is 4.90 Å². The van der Waals surface area contributed by atoms with Crippen LogP contribution < -0.4 is 0 Å². The number of hydrogen-bond donors (Lipinski definition) is 0. The lowest BCUT2D eigenvalue weighted by molar-refractivity contribution is 0.187. The zero-order valence-electron chi connectivity index (χ0n) is 16.1. The summed E-state index contributed by atoms with van der Waals surface area (Å²) in [5.41, 5.74) is 2.38. The van der Waals surface area contributed by atoms with Gasteiger partial charge in [-0.1, -0.05) is 55.0 Å². The smallest absolute Gasteiger partial charge is 0.243 e. The SMILES string of the molecule is CCC1[C@@H]2[C@@H](CCN2Cc2ccccc2)CN1S(=O)(=O)c1ccc(C)cc1. The monoisotopic (exact) mass is 384 g/mol. The molecule has 2 aliphatic rings. The zero-order chi connectivity index (χ0) is 19.0. The molecule has 0 N–H and O–H groups in total. The molecule has 1 unspecified atom stereocenters. The molecule has 0 saturated carbocycles. The van der Waals surface area contributed by atoms with Gasteiger partial charge < -0.3 is 0 Å². The molecule has 2 fully saturated rings. The van der Waals surface area contributed by atoms with Gasteiger partial charge in [-0.05, 0) is 49.9 Å². The van der Waals surface area contributed by atoms with E-state index < -0.39 is 10.0 Å². The Morgan fingerprint density at radius 3 is 2.41 bits per heavy atom. The van der Waals surface area contributed by atoms with E-state index in [9.17, 15) is 8.42 Å². The first-order valence-electron chi connectivity index (χ1n) is 9.87. The Balaban J connectivity index is 1.59. The maximum absolute atomic E-state index is 13.3. The van der Waals surface area contributed by atoms with Crippen LogP contribution in [-0.4, -0.2) is 42.8 Å². The molecule has 0 spiro atoms. The number of sulfonamides is 1. The molecule has 2 aromatic carbocycles. The summed E-state index contributed by atoms with van der Waals surface area (Å²) in [6, 6.07) is 18.1. The molecule has 2 heterocycles. The molecular weight excluding hydrogens is 356 g/mol. The lowest BCUT2D eigenvalue weighted by atomic mass is 9.98. The van der Waals surface area contributed by atoms with Crippen molar-refractivity contribution >= 4 is 10.0 Å². The molecule has 0 amide bonds. The number of benzene rings is 2. The Labute approximate surface area is 162 Å². The molecule has 2 aromatic rings. The third-order valence-corrected chi connectivity index (χ3v) is 8.05. The first-order valence-corrected chi connectivity index (χ1v) is 11.3. The summed E-state index contributed by atoms with van der Waals surface area (Å²) in [7, 11) is -3.45. The molecule has 2 aliphatic heterocycles. The second-order valence-corrected chi connectivity index (χ2v) is 9.75. The predicted octanol–water partition coefficient (Wildman–Crippen LogP) is 3.67. The van der Waals surface area contributed by atoms with Gasteiger partial charge in [0.2, 0.25) is 10.0 Å². The summed E-state index contributed by atoms with van der Waals surface area (Å²) in [4.78, 5) is 2.92. The van der Waals surface area contributed by atoms with E-state index in [0.717, 1.165) is 31.5 Å². The Morgan fingerprint density at radius 1 is 1.04 bits per heavy atom. The summed E-state index contributed by atoms with van der Waals surface area (Å²) in [5, 5.41) is 0.